The minimum Gasteiger partial charge on any atom is -0.354 e. The number of likely N-dealkylation sites (tertiary alicyclic amines) is 1. The summed E-state index contributed by atoms with van der Waals surface area (Å²) in [6.07, 6.45) is 6.52. The number of rotatable bonds is 3. The van der Waals surface area contributed by atoms with Crippen LogP contribution in [0.1, 0.15) is 32.6 Å². The van der Waals surface area contributed by atoms with E-state index in [1.54, 1.807) is 0 Å². The molecule has 3 aliphatic rings. The van der Waals surface area contributed by atoms with Gasteiger partial charge in [-0.15, -0.1) is 0 Å². The van der Waals surface area contributed by atoms with Gasteiger partial charge < -0.3 is 9.80 Å². The van der Waals surface area contributed by atoms with Crippen molar-refractivity contribution in [3.63, 3.8) is 0 Å². The predicted octanol–water partition coefficient (Wildman–Crippen LogP) is 2.24. The van der Waals surface area contributed by atoms with Crippen LogP contribution in [0.3, 0.4) is 0 Å². The van der Waals surface area contributed by atoms with Crippen LogP contribution in [0.15, 0.2) is 24.4 Å². The van der Waals surface area contributed by atoms with Crippen molar-refractivity contribution in [2.24, 2.45) is 11.8 Å². The van der Waals surface area contributed by atoms with Crippen LogP contribution >= 0.6 is 0 Å². The van der Waals surface area contributed by atoms with Gasteiger partial charge >= 0.3 is 0 Å². The summed E-state index contributed by atoms with van der Waals surface area (Å²) in [4.78, 5) is 24.1. The van der Waals surface area contributed by atoms with Crippen molar-refractivity contribution in [3.05, 3.63) is 24.4 Å². The van der Waals surface area contributed by atoms with E-state index < -0.39 is 0 Å². The van der Waals surface area contributed by atoms with Gasteiger partial charge in [-0.3, -0.25) is 9.69 Å². The van der Waals surface area contributed by atoms with Gasteiger partial charge in [0.1, 0.15) is 5.82 Å². The molecule has 5 nitrogen and oxygen atoms in total. The highest BCUT2D eigenvalue weighted by Crippen LogP contribution is 2.31. The topological polar surface area (TPSA) is 39.7 Å². The fourth-order valence-electron chi connectivity index (χ4n) is 4.49. The average Bonchev–Trinajstić information content (AvgIpc) is 2.62. The van der Waals surface area contributed by atoms with Gasteiger partial charge in [0.2, 0.25) is 5.91 Å². The Morgan fingerprint density at radius 2 is 1.76 bits per heavy atom. The number of carbonyl (C=O) groups is 1. The fourth-order valence-corrected chi connectivity index (χ4v) is 4.49. The molecule has 0 N–H and O–H groups in total. The van der Waals surface area contributed by atoms with Gasteiger partial charge in [-0.25, -0.2) is 4.98 Å². The zero-order valence-electron chi connectivity index (χ0n) is 15.3. The van der Waals surface area contributed by atoms with Crippen molar-refractivity contribution in [2.75, 3.05) is 44.2 Å². The molecule has 0 atom stereocenters. The van der Waals surface area contributed by atoms with Crippen LogP contribution < -0.4 is 4.90 Å². The predicted molar refractivity (Wildman–Crippen MR) is 99.5 cm³/mol. The van der Waals surface area contributed by atoms with Gasteiger partial charge in [-0.1, -0.05) is 13.0 Å². The van der Waals surface area contributed by atoms with Crippen LogP contribution in [-0.2, 0) is 4.79 Å². The normalized spacial score (nSPS) is 28.7. The third-order valence-electron chi connectivity index (χ3n) is 6.34. The Labute approximate surface area is 151 Å². The van der Waals surface area contributed by atoms with Gasteiger partial charge in [-0.2, -0.15) is 0 Å². The number of anilines is 1. The first-order valence-electron chi connectivity index (χ1n) is 9.89. The molecule has 5 heteroatoms. The molecule has 25 heavy (non-hydrogen) atoms. The standard InChI is InChI=1S/C20H30N4O/c1-16-5-7-17(8-6-16)20(25)24-14-18(15-24)22-10-12-23(13-11-22)19-4-2-3-9-21-19/h2-4,9,16-18H,5-8,10-15H2,1H3. The number of carbonyl (C=O) groups excluding carboxylic acids is 1. The largest absolute Gasteiger partial charge is 0.354 e. The molecule has 0 unspecified atom stereocenters. The highest BCUT2D eigenvalue weighted by Gasteiger charge is 2.38. The maximum absolute atomic E-state index is 12.6. The van der Waals surface area contributed by atoms with Gasteiger partial charge in [-0.05, 0) is 43.7 Å². The number of nitrogens with zero attached hydrogens (tertiary/aromatic N) is 4. The molecule has 0 radical (unpaired) electrons. The SMILES string of the molecule is CC1CCC(C(=O)N2CC(N3CCN(c4ccccn4)CC3)C2)CC1. The first-order chi connectivity index (χ1) is 12.2. The lowest BCUT2D eigenvalue weighted by Crippen LogP contribution is -2.65. The molecule has 4 rings (SSSR count). The first-order valence-corrected chi connectivity index (χ1v) is 9.89. The van der Waals surface area contributed by atoms with Crippen molar-refractivity contribution in [1.82, 2.24) is 14.8 Å². The minimum absolute atomic E-state index is 0.304. The summed E-state index contributed by atoms with van der Waals surface area (Å²) in [5.41, 5.74) is 0. The Hall–Kier alpha value is -1.62. The Balaban J connectivity index is 1.22. The minimum atomic E-state index is 0.304. The van der Waals surface area contributed by atoms with E-state index in [9.17, 15) is 4.79 Å². The maximum atomic E-state index is 12.6. The van der Waals surface area contributed by atoms with Crippen molar-refractivity contribution in [1.29, 1.82) is 0 Å². The molecular weight excluding hydrogens is 312 g/mol. The highest BCUT2D eigenvalue weighted by molar-refractivity contribution is 5.79. The molecule has 3 heterocycles. The summed E-state index contributed by atoms with van der Waals surface area (Å²) in [6, 6.07) is 6.67. The zero-order chi connectivity index (χ0) is 17.2. The average molecular weight is 342 g/mol. The molecule has 2 aliphatic heterocycles. The molecule has 1 aromatic rings. The lowest BCUT2D eigenvalue weighted by Gasteiger charge is -2.49. The molecule has 1 aromatic heterocycles. The number of hydrogen-bond acceptors (Lipinski definition) is 4. The molecule has 1 saturated carbocycles. The van der Waals surface area contributed by atoms with Gasteiger partial charge in [0.25, 0.3) is 0 Å². The van der Waals surface area contributed by atoms with Gasteiger partial charge in [0.15, 0.2) is 0 Å². The molecule has 1 amide bonds. The summed E-state index contributed by atoms with van der Waals surface area (Å²) in [7, 11) is 0. The van der Waals surface area contributed by atoms with Crippen LogP contribution in [0, 0.1) is 11.8 Å². The summed E-state index contributed by atoms with van der Waals surface area (Å²) in [5.74, 6) is 2.62. The number of aromatic nitrogens is 1. The molecule has 0 bridgehead atoms. The number of pyridine rings is 1. The Morgan fingerprint density at radius 1 is 1.04 bits per heavy atom. The summed E-state index contributed by atoms with van der Waals surface area (Å²) >= 11 is 0. The van der Waals surface area contributed by atoms with E-state index in [0.717, 1.165) is 63.8 Å². The Morgan fingerprint density at radius 3 is 2.40 bits per heavy atom. The van der Waals surface area contributed by atoms with E-state index in [2.05, 4.69) is 38.7 Å². The molecule has 136 valence electrons. The van der Waals surface area contributed by atoms with E-state index in [0.29, 0.717) is 17.9 Å². The van der Waals surface area contributed by atoms with Gasteiger partial charge in [0, 0.05) is 57.4 Å². The summed E-state index contributed by atoms with van der Waals surface area (Å²) < 4.78 is 0. The third-order valence-corrected chi connectivity index (χ3v) is 6.34. The van der Waals surface area contributed by atoms with Crippen molar-refractivity contribution < 1.29 is 4.79 Å². The lowest BCUT2D eigenvalue weighted by molar-refractivity contribution is -0.144. The monoisotopic (exact) mass is 342 g/mol. The number of amides is 1. The summed E-state index contributed by atoms with van der Waals surface area (Å²) in [6.45, 7) is 8.40. The number of piperazine rings is 1. The molecule has 3 fully saturated rings. The third kappa shape index (κ3) is 3.66. The number of hydrogen-bond donors (Lipinski definition) is 0. The van der Waals surface area contributed by atoms with Crippen LogP contribution in [0.25, 0.3) is 0 Å². The first kappa shape index (κ1) is 16.8. The molecule has 1 aliphatic carbocycles. The lowest BCUT2D eigenvalue weighted by atomic mass is 9.82. The van der Waals surface area contributed by atoms with E-state index >= 15 is 0 Å². The van der Waals surface area contributed by atoms with Crippen LogP contribution in [0.5, 0.6) is 0 Å². The second-order valence-electron chi connectivity index (χ2n) is 8.06. The van der Waals surface area contributed by atoms with Crippen LogP contribution in [-0.4, -0.2) is 66.0 Å². The molecular formula is C20H30N4O. The van der Waals surface area contributed by atoms with Crippen molar-refractivity contribution in [3.8, 4) is 0 Å². The van der Waals surface area contributed by atoms with Crippen LogP contribution in [0.4, 0.5) is 5.82 Å². The quantitative estimate of drug-likeness (QED) is 0.845. The van der Waals surface area contributed by atoms with Crippen LogP contribution in [0.2, 0.25) is 0 Å². The van der Waals surface area contributed by atoms with Gasteiger partial charge in [0.05, 0.1) is 0 Å². The second-order valence-corrected chi connectivity index (χ2v) is 8.06. The van der Waals surface area contributed by atoms with Crippen molar-refractivity contribution in [2.45, 2.75) is 38.6 Å². The summed E-state index contributed by atoms with van der Waals surface area (Å²) in [5, 5.41) is 0. The van der Waals surface area contributed by atoms with E-state index in [1.165, 1.54) is 12.8 Å². The molecule has 0 spiro atoms. The van der Waals surface area contributed by atoms with E-state index in [4.69, 9.17) is 0 Å². The Kier molecular flexibility index (Phi) is 4.93. The van der Waals surface area contributed by atoms with E-state index in [1.807, 2.05) is 12.3 Å². The van der Waals surface area contributed by atoms with E-state index in [-0.39, 0.29) is 0 Å². The second kappa shape index (κ2) is 7.32. The smallest absolute Gasteiger partial charge is 0.225 e. The molecule has 0 aromatic carbocycles. The van der Waals surface area contributed by atoms with Crippen molar-refractivity contribution >= 4 is 11.7 Å². The fraction of sp³-hybridized carbons (Fsp3) is 0.700. The zero-order valence-corrected chi connectivity index (χ0v) is 15.3. The maximum Gasteiger partial charge on any atom is 0.225 e. The highest BCUT2D eigenvalue weighted by atomic mass is 16.2. The molecule has 2 saturated heterocycles. The Bertz CT molecular complexity index is 571.